The highest BCUT2D eigenvalue weighted by Crippen LogP contribution is 2.20. The first-order valence-corrected chi connectivity index (χ1v) is 12.1. The average molecular weight is 527 g/mol. The van der Waals surface area contributed by atoms with Gasteiger partial charge in [-0.15, -0.1) is 0 Å². The number of rotatable bonds is 8. The van der Waals surface area contributed by atoms with Crippen LogP contribution in [0.25, 0.3) is 16.5 Å². The van der Waals surface area contributed by atoms with Crippen molar-refractivity contribution in [2.75, 3.05) is 5.73 Å². The molecule has 3 aromatic carbocycles. The molecule has 1 atom stereocenters. The van der Waals surface area contributed by atoms with Crippen LogP contribution in [-0.2, 0) is 17.8 Å². The van der Waals surface area contributed by atoms with Gasteiger partial charge in [0.1, 0.15) is 11.9 Å². The van der Waals surface area contributed by atoms with Gasteiger partial charge in [-0.05, 0) is 59.0 Å². The van der Waals surface area contributed by atoms with Gasteiger partial charge in [0, 0.05) is 48.2 Å². The topological polar surface area (TPSA) is 115 Å². The summed E-state index contributed by atoms with van der Waals surface area (Å²) in [6, 6.07) is 16.5. The number of nitrogens with two attached hydrogens (primary N) is 1. The van der Waals surface area contributed by atoms with E-state index in [1.54, 1.807) is 47.7 Å². The molecule has 8 nitrogen and oxygen atoms in total. The number of aromatic nitrogens is 3. The summed E-state index contributed by atoms with van der Waals surface area (Å²) in [7, 11) is 0. The summed E-state index contributed by atoms with van der Waals surface area (Å²) in [4.78, 5) is 34.5. The molecule has 0 radical (unpaired) electrons. The van der Waals surface area contributed by atoms with Crippen molar-refractivity contribution in [3.8, 4) is 5.69 Å². The van der Waals surface area contributed by atoms with Crippen molar-refractivity contribution in [2.24, 2.45) is 0 Å². The number of benzene rings is 3. The predicted octanol–water partition coefficient (Wildman–Crippen LogP) is 3.94. The Hall–Kier alpha value is -5.12. The molecule has 10 heteroatoms. The van der Waals surface area contributed by atoms with Gasteiger partial charge in [-0.1, -0.05) is 24.3 Å². The van der Waals surface area contributed by atoms with E-state index < -0.39 is 29.5 Å². The minimum Gasteiger partial charge on any atom is -0.383 e. The van der Waals surface area contributed by atoms with Gasteiger partial charge in [0.2, 0.25) is 5.91 Å². The van der Waals surface area contributed by atoms with Crippen molar-refractivity contribution in [1.82, 2.24) is 25.2 Å². The maximum Gasteiger partial charge on any atom is 0.252 e. The number of hydrogen-bond acceptors (Lipinski definition) is 5. The molecular formula is C29H24F2N6O2. The van der Waals surface area contributed by atoms with Crippen molar-refractivity contribution < 1.29 is 18.4 Å². The molecule has 0 aliphatic rings. The summed E-state index contributed by atoms with van der Waals surface area (Å²) in [6.07, 6.45) is 6.53. The van der Waals surface area contributed by atoms with Crippen LogP contribution in [0.4, 0.5) is 14.6 Å². The van der Waals surface area contributed by atoms with Crippen molar-refractivity contribution in [1.29, 1.82) is 0 Å². The number of fused-ring (bicyclic) bond motifs is 1. The van der Waals surface area contributed by atoms with Crippen LogP contribution in [0.15, 0.2) is 91.6 Å². The molecule has 2 amide bonds. The van der Waals surface area contributed by atoms with E-state index >= 15 is 0 Å². The summed E-state index contributed by atoms with van der Waals surface area (Å²) >= 11 is 0. The van der Waals surface area contributed by atoms with Crippen LogP contribution < -0.4 is 16.4 Å². The van der Waals surface area contributed by atoms with Crippen molar-refractivity contribution >= 4 is 28.4 Å². The summed E-state index contributed by atoms with van der Waals surface area (Å²) in [5.41, 5.74) is 8.13. The van der Waals surface area contributed by atoms with Crippen LogP contribution in [0.3, 0.4) is 0 Å². The predicted molar refractivity (Wildman–Crippen MR) is 143 cm³/mol. The zero-order valence-corrected chi connectivity index (χ0v) is 20.6. The lowest BCUT2D eigenvalue weighted by atomic mass is 10.0. The van der Waals surface area contributed by atoms with Crippen LogP contribution in [-0.4, -0.2) is 32.4 Å². The summed E-state index contributed by atoms with van der Waals surface area (Å²) in [6.45, 7) is 0.178. The summed E-state index contributed by atoms with van der Waals surface area (Å²) < 4.78 is 29.1. The smallest absolute Gasteiger partial charge is 0.252 e. The number of nitrogens with zero attached hydrogens (tertiary/aromatic N) is 3. The molecule has 0 fully saturated rings. The molecule has 4 N–H and O–H groups in total. The Morgan fingerprint density at radius 3 is 2.59 bits per heavy atom. The van der Waals surface area contributed by atoms with Gasteiger partial charge < -0.3 is 20.9 Å². The molecule has 2 aromatic heterocycles. The fourth-order valence-corrected chi connectivity index (χ4v) is 4.25. The molecule has 0 bridgehead atoms. The lowest BCUT2D eigenvalue weighted by Crippen LogP contribution is -2.47. The number of halogens is 2. The molecule has 5 rings (SSSR count). The van der Waals surface area contributed by atoms with Crippen LogP contribution in [0, 0.1) is 11.6 Å². The number of anilines is 1. The van der Waals surface area contributed by atoms with Gasteiger partial charge in [-0.3, -0.25) is 9.59 Å². The van der Waals surface area contributed by atoms with E-state index in [1.165, 1.54) is 6.07 Å². The number of nitrogen functional groups attached to an aromatic ring is 1. The first-order chi connectivity index (χ1) is 18.9. The second-order valence-corrected chi connectivity index (χ2v) is 8.97. The van der Waals surface area contributed by atoms with Gasteiger partial charge >= 0.3 is 0 Å². The van der Waals surface area contributed by atoms with E-state index in [-0.39, 0.29) is 13.0 Å². The first kappa shape index (κ1) is 25.5. The number of carbonyl (C=O) groups is 2. The molecule has 0 saturated carbocycles. The normalized spacial score (nSPS) is 11.7. The van der Waals surface area contributed by atoms with Crippen molar-refractivity contribution in [3.63, 3.8) is 0 Å². The monoisotopic (exact) mass is 526 g/mol. The zero-order valence-electron chi connectivity index (χ0n) is 20.6. The van der Waals surface area contributed by atoms with Crippen LogP contribution in [0.2, 0.25) is 0 Å². The number of hydrogen-bond donors (Lipinski definition) is 3. The average Bonchev–Trinajstić information content (AvgIpc) is 3.49. The lowest BCUT2D eigenvalue weighted by Gasteiger charge is -2.19. The van der Waals surface area contributed by atoms with Gasteiger partial charge in [-0.2, -0.15) is 0 Å². The van der Waals surface area contributed by atoms with E-state index in [0.717, 1.165) is 28.5 Å². The number of nitrogens with one attached hydrogen (secondary N) is 2. The molecule has 0 aliphatic carbocycles. The Morgan fingerprint density at radius 2 is 1.79 bits per heavy atom. The number of carbonyl (C=O) groups excluding carboxylic acids is 2. The van der Waals surface area contributed by atoms with E-state index in [4.69, 9.17) is 5.73 Å². The highest BCUT2D eigenvalue weighted by molar-refractivity contribution is 5.98. The minimum atomic E-state index is -1.06. The van der Waals surface area contributed by atoms with Crippen molar-refractivity contribution in [3.05, 3.63) is 120 Å². The standard InChI is InChI=1S/C29H24F2N6O2/c30-24-7-5-18(13-25(24)31)14-26(36-28(38)21-2-1-3-22(15-21)37-11-10-33-17-37)29(39)35-16-19-4-6-23-20(12-19)8-9-34-27(23)32/h1-13,15,17,26H,14,16H2,(H2,32,34)(H,35,39)(H,36,38)/t26-/m0/s1. The molecule has 0 spiro atoms. The molecule has 0 saturated heterocycles. The Kier molecular flexibility index (Phi) is 7.26. The van der Waals surface area contributed by atoms with Crippen LogP contribution >= 0.6 is 0 Å². The highest BCUT2D eigenvalue weighted by atomic mass is 19.2. The van der Waals surface area contributed by atoms with Crippen LogP contribution in [0.5, 0.6) is 0 Å². The van der Waals surface area contributed by atoms with E-state index in [0.29, 0.717) is 22.6 Å². The van der Waals surface area contributed by atoms with E-state index in [9.17, 15) is 18.4 Å². The SMILES string of the molecule is Nc1nccc2cc(CNC(=O)[C@H](Cc3ccc(F)c(F)c3)NC(=O)c3cccc(-n4ccnc4)c3)ccc12. The Labute approximate surface area is 222 Å². The quantitative estimate of drug-likeness (QED) is 0.283. The molecule has 5 aromatic rings. The second kappa shape index (κ2) is 11.1. The van der Waals surface area contributed by atoms with Gasteiger partial charge in [0.15, 0.2) is 11.6 Å². The molecule has 0 unspecified atom stereocenters. The number of amides is 2. The summed E-state index contributed by atoms with van der Waals surface area (Å²) in [5, 5.41) is 7.25. The van der Waals surface area contributed by atoms with Gasteiger partial charge in [0.25, 0.3) is 5.91 Å². The second-order valence-electron chi connectivity index (χ2n) is 8.97. The van der Waals surface area contributed by atoms with Gasteiger partial charge in [0.05, 0.1) is 6.33 Å². The Bertz CT molecular complexity index is 1660. The Balaban J connectivity index is 1.35. The lowest BCUT2D eigenvalue weighted by molar-refractivity contribution is -0.123. The maximum atomic E-state index is 13.9. The van der Waals surface area contributed by atoms with Crippen LogP contribution in [0.1, 0.15) is 21.5 Å². The summed E-state index contributed by atoms with van der Waals surface area (Å²) in [5.74, 6) is -2.58. The zero-order chi connectivity index (χ0) is 27.4. The Morgan fingerprint density at radius 1 is 0.949 bits per heavy atom. The maximum absolute atomic E-state index is 13.9. The third kappa shape index (κ3) is 5.90. The number of imidazole rings is 1. The molecule has 196 valence electrons. The van der Waals surface area contributed by atoms with Crippen molar-refractivity contribution in [2.45, 2.75) is 19.0 Å². The van der Waals surface area contributed by atoms with E-state index in [1.807, 2.05) is 30.3 Å². The molecular weight excluding hydrogens is 502 g/mol. The molecule has 0 aliphatic heterocycles. The molecule has 2 heterocycles. The fourth-order valence-electron chi connectivity index (χ4n) is 4.25. The first-order valence-electron chi connectivity index (χ1n) is 12.1. The van der Waals surface area contributed by atoms with E-state index in [2.05, 4.69) is 20.6 Å². The third-order valence-corrected chi connectivity index (χ3v) is 6.28. The van der Waals surface area contributed by atoms with Gasteiger partial charge in [-0.25, -0.2) is 18.7 Å². The highest BCUT2D eigenvalue weighted by Gasteiger charge is 2.23. The minimum absolute atomic E-state index is 0.0457. The molecule has 39 heavy (non-hydrogen) atoms. The number of pyridine rings is 1. The fraction of sp³-hybridized carbons (Fsp3) is 0.103. The largest absolute Gasteiger partial charge is 0.383 e. The third-order valence-electron chi connectivity index (χ3n) is 6.28.